The number of halogens is 1. The fraction of sp³-hybridized carbons (Fsp3) is 0.385. The van der Waals surface area contributed by atoms with Crippen LogP contribution >= 0.6 is 11.8 Å². The molecule has 0 spiro atoms. The zero-order valence-electron chi connectivity index (χ0n) is 19.3. The van der Waals surface area contributed by atoms with E-state index in [-0.39, 0.29) is 36.0 Å². The van der Waals surface area contributed by atoms with E-state index in [2.05, 4.69) is 15.2 Å². The van der Waals surface area contributed by atoms with Gasteiger partial charge in [0.1, 0.15) is 11.1 Å². The minimum Gasteiger partial charge on any atom is -0.351 e. The molecule has 3 amide bonds. The van der Waals surface area contributed by atoms with E-state index in [0.29, 0.717) is 17.8 Å². The monoisotopic (exact) mass is 494 g/mol. The van der Waals surface area contributed by atoms with Crippen molar-refractivity contribution in [3.8, 4) is 0 Å². The topological polar surface area (TPSA) is 82.1 Å². The third-order valence-corrected chi connectivity index (χ3v) is 7.62. The number of aliphatic imine (C=N–C) groups is 1. The first-order valence-corrected chi connectivity index (χ1v) is 12.8. The van der Waals surface area contributed by atoms with Gasteiger partial charge in [0.05, 0.1) is 0 Å². The molecule has 3 aliphatic rings. The number of likely N-dealkylation sites (tertiary alicyclic amines) is 1. The molecule has 1 aliphatic carbocycles. The number of hydrogen-bond acceptors (Lipinski definition) is 5. The highest BCUT2D eigenvalue weighted by molar-refractivity contribution is 8.15. The van der Waals surface area contributed by atoms with Crippen molar-refractivity contribution in [3.63, 3.8) is 0 Å². The smallest absolute Gasteiger partial charge is 0.262 e. The van der Waals surface area contributed by atoms with Crippen LogP contribution in [0.15, 0.2) is 53.5 Å². The number of anilines is 1. The van der Waals surface area contributed by atoms with Gasteiger partial charge >= 0.3 is 0 Å². The molecule has 35 heavy (non-hydrogen) atoms. The van der Waals surface area contributed by atoms with Crippen LogP contribution in [0.3, 0.4) is 0 Å². The zero-order valence-corrected chi connectivity index (χ0v) is 20.1. The summed E-state index contributed by atoms with van der Waals surface area (Å²) >= 11 is 1.37. The van der Waals surface area contributed by atoms with Gasteiger partial charge in [0.15, 0.2) is 5.17 Å². The number of benzene rings is 2. The Morgan fingerprint density at radius 1 is 1.06 bits per heavy atom. The number of amidine groups is 1. The largest absolute Gasteiger partial charge is 0.351 e. The molecule has 2 aromatic rings. The number of nitrogens with zero attached hydrogens (tertiary/aromatic N) is 3. The summed E-state index contributed by atoms with van der Waals surface area (Å²) in [6.07, 6.45) is 4.17. The van der Waals surface area contributed by atoms with Crippen molar-refractivity contribution < 1.29 is 18.8 Å². The number of thioether (sulfide) groups is 1. The maximum Gasteiger partial charge on any atom is 0.262 e. The van der Waals surface area contributed by atoms with E-state index in [9.17, 15) is 18.8 Å². The van der Waals surface area contributed by atoms with Crippen molar-refractivity contribution >= 4 is 40.3 Å². The number of carbonyl (C=O) groups is 3. The molecule has 1 saturated carbocycles. The van der Waals surface area contributed by atoms with Crippen molar-refractivity contribution in [2.24, 2.45) is 4.99 Å². The Bertz CT molecular complexity index is 1140. The van der Waals surface area contributed by atoms with Gasteiger partial charge in [-0.15, -0.1) is 0 Å². The van der Waals surface area contributed by atoms with Crippen LogP contribution in [0.2, 0.25) is 0 Å². The fourth-order valence-electron chi connectivity index (χ4n) is 4.33. The highest BCUT2D eigenvalue weighted by atomic mass is 32.2. The van der Waals surface area contributed by atoms with Crippen LogP contribution in [-0.4, -0.2) is 57.1 Å². The second kappa shape index (κ2) is 10.2. The van der Waals surface area contributed by atoms with Gasteiger partial charge in [-0.3, -0.25) is 14.4 Å². The summed E-state index contributed by atoms with van der Waals surface area (Å²) in [6, 6.07) is 13.2. The highest BCUT2D eigenvalue weighted by Gasteiger charge is 2.34. The lowest BCUT2D eigenvalue weighted by Crippen LogP contribution is -2.32. The Morgan fingerprint density at radius 2 is 1.74 bits per heavy atom. The fourth-order valence-corrected chi connectivity index (χ4v) is 5.45. The molecule has 1 saturated heterocycles. The molecule has 2 aliphatic heterocycles. The average Bonchev–Trinajstić information content (AvgIpc) is 3.41. The molecule has 7 nitrogen and oxygen atoms in total. The van der Waals surface area contributed by atoms with E-state index in [4.69, 9.17) is 0 Å². The Kier molecular flexibility index (Phi) is 6.86. The van der Waals surface area contributed by atoms with Gasteiger partial charge in [-0.05, 0) is 67.6 Å². The molecule has 9 heteroatoms. The highest BCUT2D eigenvalue weighted by Crippen LogP contribution is 2.31. The van der Waals surface area contributed by atoms with Crippen molar-refractivity contribution in [3.05, 3.63) is 65.5 Å². The number of carbonyl (C=O) groups excluding carboxylic acids is 3. The molecule has 182 valence electrons. The molecule has 1 atom stereocenters. The predicted octanol–water partition coefficient (Wildman–Crippen LogP) is 4.05. The second-order valence-corrected chi connectivity index (χ2v) is 10.3. The minimum atomic E-state index is -0.495. The summed E-state index contributed by atoms with van der Waals surface area (Å²) in [7, 11) is 0. The van der Waals surface area contributed by atoms with Gasteiger partial charge in [-0.1, -0.05) is 23.9 Å². The number of amides is 3. The van der Waals surface area contributed by atoms with Gasteiger partial charge in [0.25, 0.3) is 11.8 Å². The minimum absolute atomic E-state index is 0.0537. The second-order valence-electron chi connectivity index (χ2n) is 9.15. The Hall–Kier alpha value is -3.20. The van der Waals surface area contributed by atoms with Crippen molar-refractivity contribution in [1.82, 2.24) is 9.80 Å². The van der Waals surface area contributed by atoms with Gasteiger partial charge in [-0.2, -0.15) is 4.99 Å². The standard InChI is InChI=1S/C26H27FN4O3S/c27-19-7-3-17(4-8-19)16-31(21-11-12-21)25(34)18-5-9-20(10-6-18)28-23(32)15-22-24(33)29-26(35-22)30-13-1-2-14-30/h3-10,21-22H,1-2,11-16H2,(H,28,32). The summed E-state index contributed by atoms with van der Waals surface area (Å²) in [5.74, 6) is -0.904. The molecule has 0 bridgehead atoms. The number of hydrogen-bond donors (Lipinski definition) is 1. The van der Waals surface area contributed by atoms with Crippen molar-refractivity contribution in [2.75, 3.05) is 18.4 Å². The van der Waals surface area contributed by atoms with Gasteiger partial charge in [-0.25, -0.2) is 4.39 Å². The van der Waals surface area contributed by atoms with E-state index in [1.165, 1.54) is 23.9 Å². The Morgan fingerprint density at radius 3 is 2.40 bits per heavy atom. The Balaban J connectivity index is 1.16. The molecule has 1 N–H and O–H groups in total. The molecule has 0 aromatic heterocycles. The van der Waals surface area contributed by atoms with Gasteiger partial charge < -0.3 is 15.1 Å². The molecular weight excluding hydrogens is 467 g/mol. The molecule has 2 aromatic carbocycles. The van der Waals surface area contributed by atoms with E-state index < -0.39 is 5.25 Å². The van der Waals surface area contributed by atoms with Crippen LogP contribution in [0, 0.1) is 5.82 Å². The lowest BCUT2D eigenvalue weighted by atomic mass is 10.1. The summed E-state index contributed by atoms with van der Waals surface area (Å²) in [5.41, 5.74) is 1.98. The van der Waals surface area contributed by atoms with Crippen LogP contribution in [0.25, 0.3) is 0 Å². The number of nitrogens with one attached hydrogen (secondary N) is 1. The normalized spacial score (nSPS) is 19.6. The van der Waals surface area contributed by atoms with E-state index in [1.807, 2.05) is 4.90 Å². The van der Waals surface area contributed by atoms with Crippen LogP contribution in [0.1, 0.15) is 48.0 Å². The van der Waals surface area contributed by atoms with E-state index >= 15 is 0 Å². The molecule has 2 heterocycles. The average molecular weight is 495 g/mol. The van der Waals surface area contributed by atoms with Gasteiger partial charge in [0, 0.05) is 43.3 Å². The first kappa shape index (κ1) is 23.5. The molecule has 5 rings (SSSR count). The summed E-state index contributed by atoms with van der Waals surface area (Å²) in [4.78, 5) is 46.0. The number of rotatable bonds is 7. The Labute approximate surface area is 207 Å². The van der Waals surface area contributed by atoms with Crippen molar-refractivity contribution in [1.29, 1.82) is 0 Å². The first-order valence-electron chi connectivity index (χ1n) is 12.0. The van der Waals surface area contributed by atoms with Gasteiger partial charge in [0.2, 0.25) is 5.91 Å². The van der Waals surface area contributed by atoms with Crippen LogP contribution in [-0.2, 0) is 16.1 Å². The maximum absolute atomic E-state index is 13.2. The van der Waals surface area contributed by atoms with E-state index in [0.717, 1.165) is 49.5 Å². The van der Waals surface area contributed by atoms with E-state index in [1.54, 1.807) is 36.4 Å². The SMILES string of the molecule is O=C(CC1SC(N2CCCC2)=NC1=O)Nc1ccc(C(=O)N(Cc2ccc(F)cc2)C2CC2)cc1. The molecule has 0 radical (unpaired) electrons. The van der Waals surface area contributed by atoms with Crippen LogP contribution in [0.4, 0.5) is 10.1 Å². The van der Waals surface area contributed by atoms with Crippen LogP contribution in [0.5, 0.6) is 0 Å². The third kappa shape index (κ3) is 5.73. The summed E-state index contributed by atoms with van der Waals surface area (Å²) in [6.45, 7) is 2.24. The molecule has 1 unspecified atom stereocenters. The third-order valence-electron chi connectivity index (χ3n) is 6.41. The lowest BCUT2D eigenvalue weighted by Gasteiger charge is -2.23. The summed E-state index contributed by atoms with van der Waals surface area (Å²) in [5, 5.41) is 3.06. The maximum atomic E-state index is 13.2. The zero-order chi connectivity index (χ0) is 24.4. The summed E-state index contributed by atoms with van der Waals surface area (Å²) < 4.78 is 13.2. The van der Waals surface area contributed by atoms with Crippen molar-refractivity contribution in [2.45, 2.75) is 49.9 Å². The lowest BCUT2D eigenvalue weighted by molar-refractivity contribution is -0.121. The molecular formula is C26H27FN4O3S. The molecule has 2 fully saturated rings. The van der Waals surface area contributed by atoms with Crippen LogP contribution < -0.4 is 5.32 Å². The predicted molar refractivity (Wildman–Crippen MR) is 134 cm³/mol. The first-order chi connectivity index (χ1) is 17.0. The quantitative estimate of drug-likeness (QED) is 0.628.